The van der Waals surface area contributed by atoms with E-state index in [9.17, 15) is 9.65 Å². The zero-order valence-electron chi connectivity index (χ0n) is 20.5. The van der Waals surface area contributed by atoms with E-state index in [1.807, 2.05) is 6.07 Å². The van der Waals surface area contributed by atoms with Gasteiger partial charge in [-0.2, -0.15) is 5.26 Å². The Hall–Kier alpha value is -2.27. The van der Waals surface area contributed by atoms with Gasteiger partial charge in [0.2, 0.25) is 0 Å². The first kappa shape index (κ1) is 28.3. The number of halogens is 2. The van der Waals surface area contributed by atoms with Crippen LogP contribution >= 0.6 is 11.6 Å². The summed E-state index contributed by atoms with van der Waals surface area (Å²) in [6.07, 6.45) is 9.77. The number of aromatic nitrogens is 2. The molecule has 2 N–H and O–H groups in total. The largest absolute Gasteiger partial charge is 0.381 e. The molecular formula is C28H39ClFN5O. The molecule has 2 aliphatic rings. The summed E-state index contributed by atoms with van der Waals surface area (Å²) >= 11 is 6.49. The molecule has 36 heavy (non-hydrogen) atoms. The maximum absolute atomic E-state index is 14.6. The Bertz CT molecular complexity index is 1030. The predicted molar refractivity (Wildman–Crippen MR) is 143 cm³/mol. The number of hydrogen-bond donors (Lipinski definition) is 2. The van der Waals surface area contributed by atoms with Crippen molar-refractivity contribution in [3.63, 3.8) is 0 Å². The lowest BCUT2D eigenvalue weighted by molar-refractivity contribution is 0.0455. The molecule has 0 radical (unpaired) electrons. The first-order valence-corrected chi connectivity index (χ1v) is 13.2. The van der Waals surface area contributed by atoms with Gasteiger partial charge in [0.1, 0.15) is 0 Å². The Labute approximate surface area is 220 Å². The van der Waals surface area contributed by atoms with E-state index in [0.29, 0.717) is 55.3 Å². The van der Waals surface area contributed by atoms with Gasteiger partial charge in [-0.1, -0.05) is 26.0 Å². The maximum atomic E-state index is 14.6. The molecule has 1 aliphatic heterocycles. The highest BCUT2D eigenvalue weighted by Gasteiger charge is 2.33. The lowest BCUT2D eigenvalue weighted by Gasteiger charge is -2.30. The van der Waals surface area contributed by atoms with Crippen LogP contribution in [-0.4, -0.2) is 42.3 Å². The molecule has 4 rings (SSSR count). The van der Waals surface area contributed by atoms with Crippen LogP contribution in [0.2, 0.25) is 5.02 Å². The fraction of sp³-hybridized carbons (Fsp3) is 0.607. The molecule has 2 fully saturated rings. The molecular weight excluding hydrogens is 477 g/mol. The fourth-order valence-corrected chi connectivity index (χ4v) is 5.26. The van der Waals surface area contributed by atoms with Crippen LogP contribution in [0.3, 0.4) is 0 Å². The highest BCUT2D eigenvalue weighted by Crippen LogP contribution is 2.33. The average Bonchev–Trinajstić information content (AvgIpc) is 2.89. The second-order valence-corrected chi connectivity index (χ2v) is 10.3. The number of hydrogen-bond acceptors (Lipinski definition) is 6. The SMILES string of the molecule is C.CCCNC1CCC(Cc2cc(-c3ccc(F)c(NCC4(C#N)CCOCC4)n3)c(Cl)cn2)CC1. The van der Waals surface area contributed by atoms with Crippen molar-refractivity contribution in [2.75, 3.05) is 31.6 Å². The summed E-state index contributed by atoms with van der Waals surface area (Å²) in [4.78, 5) is 9.10. The van der Waals surface area contributed by atoms with E-state index in [4.69, 9.17) is 16.3 Å². The molecule has 0 spiro atoms. The molecule has 2 aromatic heterocycles. The van der Waals surface area contributed by atoms with Crippen molar-refractivity contribution in [2.24, 2.45) is 11.3 Å². The summed E-state index contributed by atoms with van der Waals surface area (Å²) in [7, 11) is 0. The number of ether oxygens (including phenoxy) is 1. The van der Waals surface area contributed by atoms with E-state index in [-0.39, 0.29) is 13.2 Å². The predicted octanol–water partition coefficient (Wildman–Crippen LogP) is 6.41. The molecule has 0 atom stereocenters. The zero-order valence-corrected chi connectivity index (χ0v) is 21.2. The number of rotatable bonds is 9. The third kappa shape index (κ3) is 7.15. The fourth-order valence-electron chi connectivity index (χ4n) is 5.06. The van der Waals surface area contributed by atoms with Crippen LogP contribution in [0.4, 0.5) is 10.2 Å². The van der Waals surface area contributed by atoms with Crippen molar-refractivity contribution < 1.29 is 9.13 Å². The van der Waals surface area contributed by atoms with Gasteiger partial charge in [-0.3, -0.25) is 4.98 Å². The second-order valence-electron chi connectivity index (χ2n) is 9.92. The van der Waals surface area contributed by atoms with E-state index < -0.39 is 11.2 Å². The Morgan fingerprint density at radius 2 is 1.97 bits per heavy atom. The monoisotopic (exact) mass is 515 g/mol. The number of nitrogens with zero attached hydrogens (tertiary/aromatic N) is 3. The van der Waals surface area contributed by atoms with Crippen LogP contribution in [0, 0.1) is 28.5 Å². The van der Waals surface area contributed by atoms with Gasteiger partial charge in [0.15, 0.2) is 11.6 Å². The molecule has 0 unspecified atom stereocenters. The van der Waals surface area contributed by atoms with Crippen molar-refractivity contribution in [1.82, 2.24) is 15.3 Å². The van der Waals surface area contributed by atoms with Crippen molar-refractivity contribution in [2.45, 2.75) is 71.8 Å². The molecule has 0 amide bonds. The minimum Gasteiger partial charge on any atom is -0.381 e. The molecule has 6 nitrogen and oxygen atoms in total. The van der Waals surface area contributed by atoms with Crippen LogP contribution < -0.4 is 10.6 Å². The molecule has 3 heterocycles. The topological polar surface area (TPSA) is 82.9 Å². The third-order valence-corrected chi connectivity index (χ3v) is 7.64. The summed E-state index contributed by atoms with van der Waals surface area (Å²) < 4.78 is 20.0. The van der Waals surface area contributed by atoms with E-state index in [1.165, 1.54) is 38.2 Å². The van der Waals surface area contributed by atoms with Gasteiger partial charge in [0.05, 0.1) is 22.2 Å². The van der Waals surface area contributed by atoms with Crippen LogP contribution in [0.5, 0.6) is 0 Å². The standard InChI is InChI=1S/C27H35ClFN5O.CH4/c1-2-11-31-20-5-3-19(4-6-20)14-21-15-22(23(28)16-32-21)25-8-7-24(29)26(34-25)33-18-27(17-30)9-12-35-13-10-27;/h7-8,15-16,19-20,31H,2-6,9-14,18H2,1H3,(H,33,34);1H4. The minimum absolute atomic E-state index is 0. The van der Waals surface area contributed by atoms with Gasteiger partial charge in [0.25, 0.3) is 0 Å². The summed E-state index contributed by atoms with van der Waals surface area (Å²) in [6, 6.07) is 8.06. The van der Waals surface area contributed by atoms with E-state index in [0.717, 1.165) is 24.2 Å². The summed E-state index contributed by atoms with van der Waals surface area (Å²) in [5.41, 5.74) is 1.75. The lowest BCUT2D eigenvalue weighted by Crippen LogP contribution is -2.35. The molecule has 196 valence electrons. The van der Waals surface area contributed by atoms with E-state index in [2.05, 4.69) is 33.6 Å². The third-order valence-electron chi connectivity index (χ3n) is 7.34. The smallest absolute Gasteiger partial charge is 0.165 e. The van der Waals surface area contributed by atoms with E-state index >= 15 is 0 Å². The van der Waals surface area contributed by atoms with E-state index in [1.54, 1.807) is 12.3 Å². The molecule has 8 heteroatoms. The van der Waals surface area contributed by atoms with Crippen molar-refractivity contribution >= 4 is 17.4 Å². The van der Waals surface area contributed by atoms with Gasteiger partial charge >= 0.3 is 0 Å². The minimum atomic E-state index is -0.574. The van der Waals surface area contributed by atoms with Crippen LogP contribution in [0.25, 0.3) is 11.3 Å². The molecule has 2 aromatic rings. The van der Waals surface area contributed by atoms with Gasteiger partial charge in [-0.05, 0) is 82.0 Å². The average molecular weight is 516 g/mol. The van der Waals surface area contributed by atoms with Crippen LogP contribution in [0.1, 0.15) is 65.0 Å². The molecule has 0 bridgehead atoms. The Kier molecular flexibility index (Phi) is 10.5. The van der Waals surface area contributed by atoms with Crippen molar-refractivity contribution in [3.8, 4) is 17.3 Å². The van der Waals surface area contributed by atoms with Gasteiger partial charge in [0, 0.05) is 43.3 Å². The Morgan fingerprint density at radius 3 is 2.67 bits per heavy atom. The zero-order chi connectivity index (χ0) is 24.7. The first-order chi connectivity index (χ1) is 17.0. The summed E-state index contributed by atoms with van der Waals surface area (Å²) in [5.74, 6) is 0.292. The molecule has 0 aromatic carbocycles. The maximum Gasteiger partial charge on any atom is 0.165 e. The number of pyridine rings is 2. The quantitative estimate of drug-likeness (QED) is 0.401. The summed E-state index contributed by atoms with van der Waals surface area (Å²) in [6.45, 7) is 4.69. The molecule has 1 saturated heterocycles. The second kappa shape index (κ2) is 13.3. The van der Waals surface area contributed by atoms with Crippen LogP contribution in [0.15, 0.2) is 24.4 Å². The number of anilines is 1. The Balaban J connectivity index is 0.00000361. The number of nitriles is 1. The lowest BCUT2D eigenvalue weighted by atomic mass is 9.82. The van der Waals surface area contributed by atoms with Gasteiger partial charge in [-0.25, -0.2) is 9.37 Å². The molecule has 1 aliphatic carbocycles. The van der Waals surface area contributed by atoms with Gasteiger partial charge < -0.3 is 15.4 Å². The van der Waals surface area contributed by atoms with Crippen molar-refractivity contribution in [3.05, 3.63) is 40.9 Å². The summed E-state index contributed by atoms with van der Waals surface area (Å²) in [5, 5.41) is 16.9. The van der Waals surface area contributed by atoms with Crippen molar-refractivity contribution in [1.29, 1.82) is 5.26 Å². The Morgan fingerprint density at radius 1 is 1.22 bits per heavy atom. The molecule has 1 saturated carbocycles. The number of nitrogens with one attached hydrogen (secondary N) is 2. The highest BCUT2D eigenvalue weighted by molar-refractivity contribution is 6.33. The van der Waals surface area contributed by atoms with Gasteiger partial charge in [-0.15, -0.1) is 0 Å². The normalized spacial score (nSPS) is 21.3. The first-order valence-electron chi connectivity index (χ1n) is 12.8. The highest BCUT2D eigenvalue weighted by atomic mass is 35.5. The van der Waals surface area contributed by atoms with Crippen LogP contribution in [-0.2, 0) is 11.2 Å².